The van der Waals surface area contributed by atoms with Crippen LogP contribution in [0.15, 0.2) is 6.07 Å². The monoisotopic (exact) mass is 297 g/mol. The second kappa shape index (κ2) is 6.99. The van der Waals surface area contributed by atoms with E-state index in [1.54, 1.807) is 6.07 Å². The second-order valence-electron chi connectivity index (χ2n) is 5.06. The molecule has 0 amide bonds. The molecule has 0 aliphatic carbocycles. The molecule has 2 unspecified atom stereocenters. The first-order valence-electron chi connectivity index (χ1n) is 7.07. The molecule has 5 N–H and O–H groups in total. The number of aliphatic hydroxyl groups is 1. The van der Waals surface area contributed by atoms with Crippen molar-refractivity contribution in [1.82, 2.24) is 9.97 Å². The van der Waals surface area contributed by atoms with Crippen LogP contribution < -0.4 is 16.6 Å². The third kappa shape index (κ3) is 4.01. The molecule has 1 aliphatic heterocycles. The normalized spacial score (nSPS) is 25.0. The lowest BCUT2D eigenvalue weighted by molar-refractivity contribution is -0.0176. The maximum Gasteiger partial charge on any atom is 0.158 e. The quantitative estimate of drug-likeness (QED) is 0.418. The Morgan fingerprint density at radius 2 is 2.29 bits per heavy atom. The topological polar surface area (TPSA) is 115 Å². The number of nitrogen functional groups attached to an aromatic ring is 1. The number of rotatable bonds is 7. The predicted octanol–water partition coefficient (Wildman–Crippen LogP) is 0.250. The van der Waals surface area contributed by atoms with Crippen LogP contribution in [0.3, 0.4) is 0 Å². The van der Waals surface area contributed by atoms with Crippen molar-refractivity contribution in [2.45, 2.75) is 38.6 Å². The third-order valence-corrected chi connectivity index (χ3v) is 3.59. The van der Waals surface area contributed by atoms with E-state index in [0.29, 0.717) is 50.2 Å². The van der Waals surface area contributed by atoms with E-state index in [1.165, 1.54) is 0 Å². The van der Waals surface area contributed by atoms with Crippen molar-refractivity contribution in [3.8, 4) is 0 Å². The number of hydrazine groups is 1. The van der Waals surface area contributed by atoms with E-state index < -0.39 is 5.60 Å². The summed E-state index contributed by atoms with van der Waals surface area (Å²) in [4.78, 5) is 8.54. The molecule has 0 bridgehead atoms. The first-order valence-corrected chi connectivity index (χ1v) is 7.07. The van der Waals surface area contributed by atoms with Crippen LogP contribution in [0.4, 0.5) is 11.6 Å². The van der Waals surface area contributed by atoms with Crippen LogP contribution in [0.1, 0.15) is 26.1 Å². The van der Waals surface area contributed by atoms with Gasteiger partial charge in [-0.1, -0.05) is 0 Å². The van der Waals surface area contributed by atoms with Gasteiger partial charge in [0.1, 0.15) is 23.8 Å². The maximum atomic E-state index is 10.5. The van der Waals surface area contributed by atoms with Crippen molar-refractivity contribution < 1.29 is 14.6 Å². The molecule has 1 saturated heterocycles. The average Bonchev–Trinajstić information content (AvgIpc) is 2.83. The summed E-state index contributed by atoms with van der Waals surface area (Å²) >= 11 is 0. The Labute approximate surface area is 124 Å². The van der Waals surface area contributed by atoms with E-state index in [-0.39, 0.29) is 6.10 Å². The number of ether oxygens (including phenoxy) is 2. The SMILES string of the molecule is CCOCc1nc(NN)cc(NCC2(O)CCOC2C)n1. The fraction of sp³-hybridized carbons (Fsp3) is 0.692. The zero-order valence-electron chi connectivity index (χ0n) is 12.4. The van der Waals surface area contributed by atoms with E-state index in [1.807, 2.05) is 13.8 Å². The zero-order valence-corrected chi connectivity index (χ0v) is 12.4. The van der Waals surface area contributed by atoms with Crippen molar-refractivity contribution in [3.05, 3.63) is 11.9 Å². The van der Waals surface area contributed by atoms with E-state index in [9.17, 15) is 5.11 Å². The van der Waals surface area contributed by atoms with Crippen LogP contribution >= 0.6 is 0 Å². The first-order chi connectivity index (χ1) is 10.1. The summed E-state index contributed by atoms with van der Waals surface area (Å²) in [5.74, 6) is 7.00. The highest BCUT2D eigenvalue weighted by Crippen LogP contribution is 2.26. The molecule has 2 atom stereocenters. The average molecular weight is 297 g/mol. The summed E-state index contributed by atoms with van der Waals surface area (Å²) in [6.07, 6.45) is 0.391. The van der Waals surface area contributed by atoms with Gasteiger partial charge >= 0.3 is 0 Å². The smallest absolute Gasteiger partial charge is 0.158 e. The molecule has 118 valence electrons. The molecule has 8 heteroatoms. The van der Waals surface area contributed by atoms with Crippen LogP contribution in [-0.2, 0) is 16.1 Å². The lowest BCUT2D eigenvalue weighted by atomic mass is 9.97. The van der Waals surface area contributed by atoms with Gasteiger partial charge in [0.15, 0.2) is 5.82 Å². The van der Waals surface area contributed by atoms with E-state index in [2.05, 4.69) is 20.7 Å². The Morgan fingerprint density at radius 3 is 2.90 bits per heavy atom. The van der Waals surface area contributed by atoms with E-state index in [4.69, 9.17) is 15.3 Å². The Morgan fingerprint density at radius 1 is 1.52 bits per heavy atom. The van der Waals surface area contributed by atoms with Gasteiger partial charge in [0.25, 0.3) is 0 Å². The predicted molar refractivity (Wildman–Crippen MR) is 78.6 cm³/mol. The second-order valence-corrected chi connectivity index (χ2v) is 5.06. The number of anilines is 2. The highest BCUT2D eigenvalue weighted by molar-refractivity contribution is 5.47. The van der Waals surface area contributed by atoms with Gasteiger partial charge in [0.05, 0.1) is 6.10 Å². The van der Waals surface area contributed by atoms with Crippen molar-refractivity contribution in [2.24, 2.45) is 5.84 Å². The zero-order chi connectivity index (χ0) is 15.3. The molecule has 8 nitrogen and oxygen atoms in total. The van der Waals surface area contributed by atoms with Crippen molar-refractivity contribution in [1.29, 1.82) is 0 Å². The molecular formula is C13H23N5O3. The minimum absolute atomic E-state index is 0.207. The summed E-state index contributed by atoms with van der Waals surface area (Å²) < 4.78 is 10.7. The maximum absolute atomic E-state index is 10.5. The van der Waals surface area contributed by atoms with Crippen LogP contribution in [0, 0.1) is 0 Å². The lowest BCUT2D eigenvalue weighted by Gasteiger charge is -2.26. The van der Waals surface area contributed by atoms with Gasteiger partial charge in [0, 0.05) is 32.2 Å². The Bertz CT molecular complexity index is 473. The molecule has 1 aromatic heterocycles. The summed E-state index contributed by atoms with van der Waals surface area (Å²) in [5, 5.41) is 13.6. The molecular weight excluding hydrogens is 274 g/mol. The molecule has 2 heterocycles. The van der Waals surface area contributed by atoms with Gasteiger partial charge in [-0.2, -0.15) is 0 Å². The molecule has 1 aliphatic rings. The Balaban J connectivity index is 2.04. The molecule has 0 aromatic carbocycles. The van der Waals surface area contributed by atoms with E-state index in [0.717, 1.165) is 0 Å². The number of aromatic nitrogens is 2. The fourth-order valence-electron chi connectivity index (χ4n) is 2.17. The first kappa shape index (κ1) is 15.9. The van der Waals surface area contributed by atoms with Crippen LogP contribution in [-0.4, -0.2) is 46.5 Å². The van der Waals surface area contributed by atoms with E-state index >= 15 is 0 Å². The summed E-state index contributed by atoms with van der Waals surface area (Å²) in [6.45, 7) is 5.58. The summed E-state index contributed by atoms with van der Waals surface area (Å²) in [6, 6.07) is 1.68. The third-order valence-electron chi connectivity index (χ3n) is 3.59. The molecule has 0 spiro atoms. The lowest BCUT2D eigenvalue weighted by Crippen LogP contribution is -2.43. The summed E-state index contributed by atoms with van der Waals surface area (Å²) in [7, 11) is 0. The van der Waals surface area contributed by atoms with Gasteiger partial charge < -0.3 is 25.3 Å². The standard InChI is InChI=1S/C13H23N5O3/c1-3-20-7-12-16-10(6-11(17-12)18-14)15-8-13(19)4-5-21-9(13)2/h6,9,19H,3-5,7-8,14H2,1-2H3,(H2,15,16,17,18). The molecule has 0 saturated carbocycles. The fourth-order valence-corrected chi connectivity index (χ4v) is 2.17. The van der Waals surface area contributed by atoms with Crippen molar-refractivity contribution in [3.63, 3.8) is 0 Å². The van der Waals surface area contributed by atoms with Gasteiger partial charge in [0.2, 0.25) is 0 Å². The van der Waals surface area contributed by atoms with Gasteiger partial charge in [-0.15, -0.1) is 0 Å². The molecule has 1 aromatic rings. The molecule has 1 fully saturated rings. The van der Waals surface area contributed by atoms with Crippen LogP contribution in [0.2, 0.25) is 0 Å². The molecule has 2 rings (SSSR count). The highest BCUT2D eigenvalue weighted by Gasteiger charge is 2.39. The number of hydrogen-bond acceptors (Lipinski definition) is 8. The van der Waals surface area contributed by atoms with Crippen molar-refractivity contribution >= 4 is 11.6 Å². The Kier molecular flexibility index (Phi) is 5.29. The van der Waals surface area contributed by atoms with Gasteiger partial charge in [-0.25, -0.2) is 15.8 Å². The van der Waals surface area contributed by atoms with Gasteiger partial charge in [-0.3, -0.25) is 0 Å². The molecule has 0 radical (unpaired) electrons. The Hall–Kier alpha value is -1.48. The highest BCUT2D eigenvalue weighted by atomic mass is 16.5. The van der Waals surface area contributed by atoms with Crippen LogP contribution in [0.25, 0.3) is 0 Å². The minimum atomic E-state index is -0.888. The van der Waals surface area contributed by atoms with Crippen LogP contribution in [0.5, 0.6) is 0 Å². The summed E-state index contributed by atoms with van der Waals surface area (Å²) in [5.41, 5.74) is 1.61. The number of nitrogens with two attached hydrogens (primary N) is 1. The number of hydrogen-bond donors (Lipinski definition) is 4. The van der Waals surface area contributed by atoms with Crippen molar-refractivity contribution in [2.75, 3.05) is 30.5 Å². The number of nitrogens with one attached hydrogen (secondary N) is 2. The van der Waals surface area contributed by atoms with Gasteiger partial charge in [-0.05, 0) is 13.8 Å². The minimum Gasteiger partial charge on any atom is -0.385 e. The largest absolute Gasteiger partial charge is 0.385 e. The molecule has 21 heavy (non-hydrogen) atoms. The number of nitrogens with zero attached hydrogens (tertiary/aromatic N) is 2.